The lowest BCUT2D eigenvalue weighted by atomic mass is 10.1. The van der Waals surface area contributed by atoms with E-state index in [2.05, 4.69) is 30.6 Å². The lowest BCUT2D eigenvalue weighted by Crippen LogP contribution is -1.97. The van der Waals surface area contributed by atoms with Gasteiger partial charge in [-0.2, -0.15) is 0 Å². The second-order valence-corrected chi connectivity index (χ2v) is 6.86. The zero-order chi connectivity index (χ0) is 17.0. The summed E-state index contributed by atoms with van der Waals surface area (Å²) in [6, 6.07) is 8.20. The van der Waals surface area contributed by atoms with Crippen LogP contribution in [0.3, 0.4) is 0 Å². The van der Waals surface area contributed by atoms with E-state index in [1.807, 2.05) is 23.6 Å². The molecule has 0 aliphatic heterocycles. The number of allylic oxidation sites excluding steroid dienone is 2. The van der Waals surface area contributed by atoms with E-state index >= 15 is 0 Å². The van der Waals surface area contributed by atoms with E-state index in [0.29, 0.717) is 16.4 Å². The first-order valence-corrected chi connectivity index (χ1v) is 8.50. The summed E-state index contributed by atoms with van der Waals surface area (Å²) < 4.78 is 1.88. The Balaban J connectivity index is 2.58. The van der Waals surface area contributed by atoms with Crippen molar-refractivity contribution in [1.82, 2.24) is 9.55 Å². The number of rotatable bonds is 6. The van der Waals surface area contributed by atoms with Crippen molar-refractivity contribution >= 4 is 35.7 Å². The molecule has 2 aromatic rings. The van der Waals surface area contributed by atoms with E-state index in [4.69, 9.17) is 11.6 Å². The van der Waals surface area contributed by atoms with Crippen LogP contribution in [0, 0.1) is 0 Å². The number of thioether (sulfide) groups is 1. The van der Waals surface area contributed by atoms with Crippen molar-refractivity contribution in [3.05, 3.63) is 57.7 Å². The summed E-state index contributed by atoms with van der Waals surface area (Å²) in [7, 11) is 0. The fourth-order valence-corrected chi connectivity index (χ4v) is 3.14. The van der Waals surface area contributed by atoms with Crippen molar-refractivity contribution < 1.29 is 4.79 Å². The third-order valence-corrected chi connectivity index (χ3v) is 4.40. The number of aromatic nitrogens is 2. The van der Waals surface area contributed by atoms with Gasteiger partial charge >= 0.3 is 0 Å². The normalized spacial score (nSPS) is 11.6. The van der Waals surface area contributed by atoms with Gasteiger partial charge in [-0.3, -0.25) is 9.36 Å². The molecule has 1 aromatic carbocycles. The molecule has 0 saturated heterocycles. The molecule has 3 nitrogen and oxygen atoms in total. The molecule has 1 aromatic heterocycles. The fourth-order valence-electron chi connectivity index (χ4n) is 2.07. The van der Waals surface area contributed by atoms with Crippen LogP contribution in [0.2, 0.25) is 5.15 Å². The highest BCUT2D eigenvalue weighted by Crippen LogP contribution is 2.33. The molecule has 0 aliphatic rings. The minimum atomic E-state index is 0.485. The van der Waals surface area contributed by atoms with Crippen LogP contribution in [-0.4, -0.2) is 15.8 Å². The summed E-state index contributed by atoms with van der Waals surface area (Å²) >= 11 is 7.97. The number of imidazole rings is 1. The standard InChI is InChI=1S/C18H19ClN2OS/c1-5-14-6-8-15(9-7-14)21-17(19)16(10-13(4)11-22)20-18(21)23-12(2)3/h6-11H,2,5H2,1,3-4H3. The quantitative estimate of drug-likeness (QED) is 0.403. The Bertz CT molecular complexity index is 760. The molecule has 0 amide bonds. The molecular formula is C18H19ClN2OS. The van der Waals surface area contributed by atoms with Crippen LogP contribution in [-0.2, 0) is 11.2 Å². The maximum atomic E-state index is 10.9. The molecule has 0 fully saturated rings. The van der Waals surface area contributed by atoms with Gasteiger partial charge in [-0.1, -0.05) is 49.0 Å². The van der Waals surface area contributed by atoms with Crippen molar-refractivity contribution in [3.63, 3.8) is 0 Å². The second kappa shape index (κ2) is 7.66. The predicted molar refractivity (Wildman–Crippen MR) is 98.3 cm³/mol. The van der Waals surface area contributed by atoms with Crippen molar-refractivity contribution in [2.75, 3.05) is 0 Å². The number of hydrogen-bond acceptors (Lipinski definition) is 3. The van der Waals surface area contributed by atoms with Gasteiger partial charge in [0, 0.05) is 5.69 Å². The zero-order valence-electron chi connectivity index (χ0n) is 13.5. The van der Waals surface area contributed by atoms with Gasteiger partial charge in [0.15, 0.2) is 5.16 Å². The van der Waals surface area contributed by atoms with Crippen molar-refractivity contribution in [1.29, 1.82) is 0 Å². The minimum absolute atomic E-state index is 0.485. The summed E-state index contributed by atoms with van der Waals surface area (Å²) in [4.78, 5) is 16.3. The molecule has 0 N–H and O–H groups in total. The SMILES string of the molecule is C=C(C)Sc1nc(C=C(C)C=O)c(Cl)n1-c1ccc(CC)cc1. The van der Waals surface area contributed by atoms with E-state index in [1.165, 1.54) is 17.3 Å². The molecule has 0 unspecified atom stereocenters. The van der Waals surface area contributed by atoms with Gasteiger partial charge in [-0.05, 0) is 54.5 Å². The third-order valence-electron chi connectivity index (χ3n) is 3.23. The predicted octanol–water partition coefficient (Wildman–Crippen LogP) is 5.32. The number of halogens is 1. The average molecular weight is 347 g/mol. The van der Waals surface area contributed by atoms with E-state index in [9.17, 15) is 4.79 Å². The highest BCUT2D eigenvalue weighted by molar-refractivity contribution is 8.02. The number of carbonyl (C=O) groups excluding carboxylic acids is 1. The monoisotopic (exact) mass is 346 g/mol. The van der Waals surface area contributed by atoms with Crippen molar-refractivity contribution in [2.24, 2.45) is 0 Å². The van der Waals surface area contributed by atoms with E-state index in [0.717, 1.165) is 28.5 Å². The smallest absolute Gasteiger partial charge is 0.178 e. The van der Waals surface area contributed by atoms with Gasteiger partial charge in [-0.15, -0.1) is 0 Å². The third kappa shape index (κ3) is 4.15. The Kier molecular flexibility index (Phi) is 5.85. The summed E-state index contributed by atoms with van der Waals surface area (Å²) in [6.45, 7) is 9.69. The van der Waals surface area contributed by atoms with E-state index in [-0.39, 0.29) is 0 Å². The van der Waals surface area contributed by atoms with Crippen LogP contribution in [0.15, 0.2) is 46.5 Å². The fraction of sp³-hybridized carbons (Fsp3) is 0.222. The molecule has 0 aliphatic carbocycles. The minimum Gasteiger partial charge on any atom is -0.298 e. The Hall–Kier alpha value is -1.78. The molecular weight excluding hydrogens is 328 g/mol. The maximum absolute atomic E-state index is 10.9. The van der Waals surface area contributed by atoms with E-state index in [1.54, 1.807) is 13.0 Å². The average Bonchev–Trinajstić information content (AvgIpc) is 2.82. The number of nitrogens with zero attached hydrogens (tertiary/aromatic N) is 2. The Labute approximate surface area is 146 Å². The Morgan fingerprint density at radius 2 is 2.00 bits per heavy atom. The summed E-state index contributed by atoms with van der Waals surface area (Å²) in [6.07, 6.45) is 3.46. The van der Waals surface area contributed by atoms with Crippen LogP contribution in [0.5, 0.6) is 0 Å². The van der Waals surface area contributed by atoms with Gasteiger partial charge in [0.25, 0.3) is 0 Å². The lowest BCUT2D eigenvalue weighted by molar-refractivity contribution is -0.104. The number of carbonyl (C=O) groups is 1. The Morgan fingerprint density at radius 1 is 1.35 bits per heavy atom. The molecule has 23 heavy (non-hydrogen) atoms. The van der Waals surface area contributed by atoms with Crippen LogP contribution in [0.4, 0.5) is 0 Å². The molecule has 5 heteroatoms. The Morgan fingerprint density at radius 3 is 2.52 bits per heavy atom. The molecule has 2 rings (SSSR count). The number of hydrogen-bond donors (Lipinski definition) is 0. The number of aldehydes is 1. The molecule has 0 bridgehead atoms. The highest BCUT2D eigenvalue weighted by Gasteiger charge is 2.16. The highest BCUT2D eigenvalue weighted by atomic mass is 35.5. The number of aryl methyl sites for hydroxylation is 1. The van der Waals surface area contributed by atoms with Crippen molar-refractivity contribution in [3.8, 4) is 5.69 Å². The maximum Gasteiger partial charge on any atom is 0.178 e. The zero-order valence-corrected chi connectivity index (χ0v) is 15.0. The molecule has 0 saturated carbocycles. The topological polar surface area (TPSA) is 34.9 Å². The second-order valence-electron chi connectivity index (χ2n) is 5.24. The first kappa shape index (κ1) is 17.6. The van der Waals surface area contributed by atoms with E-state index < -0.39 is 0 Å². The van der Waals surface area contributed by atoms with Gasteiger partial charge in [0.05, 0.1) is 0 Å². The molecule has 120 valence electrons. The van der Waals surface area contributed by atoms with Crippen LogP contribution in [0.25, 0.3) is 11.8 Å². The van der Waals surface area contributed by atoms with Gasteiger partial charge in [0.2, 0.25) is 0 Å². The summed E-state index contributed by atoms with van der Waals surface area (Å²) in [5.74, 6) is 0. The van der Waals surface area contributed by atoms with Gasteiger partial charge in [-0.25, -0.2) is 4.98 Å². The number of benzene rings is 1. The molecule has 0 radical (unpaired) electrons. The van der Waals surface area contributed by atoms with Gasteiger partial charge < -0.3 is 0 Å². The van der Waals surface area contributed by atoms with Gasteiger partial charge in [0.1, 0.15) is 17.1 Å². The first-order chi connectivity index (χ1) is 11.0. The molecule has 0 atom stereocenters. The summed E-state index contributed by atoms with van der Waals surface area (Å²) in [5.41, 5.74) is 3.35. The largest absolute Gasteiger partial charge is 0.298 e. The van der Waals surface area contributed by atoms with Crippen LogP contribution < -0.4 is 0 Å². The first-order valence-electron chi connectivity index (χ1n) is 7.30. The molecule has 0 spiro atoms. The molecule has 1 heterocycles. The van der Waals surface area contributed by atoms with Crippen molar-refractivity contribution in [2.45, 2.75) is 32.3 Å². The van der Waals surface area contributed by atoms with Crippen LogP contribution >= 0.6 is 23.4 Å². The lowest BCUT2D eigenvalue weighted by Gasteiger charge is -2.09. The van der Waals surface area contributed by atoms with Crippen LogP contribution in [0.1, 0.15) is 32.0 Å². The summed E-state index contributed by atoms with van der Waals surface area (Å²) in [5, 5.41) is 1.22.